The lowest BCUT2D eigenvalue weighted by Crippen LogP contribution is -2.34. The van der Waals surface area contributed by atoms with Crippen molar-refractivity contribution < 1.29 is 18.9 Å². The minimum atomic E-state index is -0.599. The smallest absolute Gasteiger partial charge is 0.319 e. The topological polar surface area (TPSA) is 107 Å². The van der Waals surface area contributed by atoms with Gasteiger partial charge in [-0.05, 0) is 24.3 Å². The van der Waals surface area contributed by atoms with Crippen molar-refractivity contribution in [1.82, 2.24) is 5.32 Å². The lowest BCUT2D eigenvalue weighted by molar-refractivity contribution is -0.384. The number of hydrogen-bond acceptors (Lipinski definition) is 5. The van der Waals surface area contributed by atoms with Gasteiger partial charge in [-0.3, -0.25) is 10.1 Å². The van der Waals surface area contributed by atoms with Gasteiger partial charge in [-0.15, -0.1) is 0 Å². The SMILES string of the molecule is COC[C@@H](NC(=O)Nc1ccc([N+](=O)[O-])c(Cl)c1)c1ccco1. The zero-order valence-electron chi connectivity index (χ0n) is 12.1. The minimum absolute atomic E-state index is 0.0627. The molecule has 0 unspecified atom stereocenters. The summed E-state index contributed by atoms with van der Waals surface area (Å²) in [5.74, 6) is 0.545. The zero-order valence-corrected chi connectivity index (χ0v) is 12.9. The van der Waals surface area contributed by atoms with Gasteiger partial charge in [-0.2, -0.15) is 0 Å². The molecule has 2 amide bonds. The van der Waals surface area contributed by atoms with Crippen molar-refractivity contribution >= 4 is 29.0 Å². The second-order valence-electron chi connectivity index (χ2n) is 4.55. The number of nitro groups is 1. The molecule has 8 nitrogen and oxygen atoms in total. The Kier molecular flexibility index (Phi) is 5.56. The van der Waals surface area contributed by atoms with Gasteiger partial charge < -0.3 is 19.8 Å². The largest absolute Gasteiger partial charge is 0.467 e. The number of urea groups is 1. The van der Waals surface area contributed by atoms with Crippen molar-refractivity contribution in [3.05, 3.63) is 57.5 Å². The van der Waals surface area contributed by atoms with Crippen LogP contribution in [-0.4, -0.2) is 24.7 Å². The number of nitrogens with one attached hydrogen (secondary N) is 2. The van der Waals surface area contributed by atoms with Gasteiger partial charge in [0.1, 0.15) is 16.8 Å². The van der Waals surface area contributed by atoms with Gasteiger partial charge in [-0.1, -0.05) is 11.6 Å². The molecule has 2 rings (SSSR count). The third-order valence-electron chi connectivity index (χ3n) is 2.93. The molecule has 0 aliphatic rings. The fourth-order valence-corrected chi connectivity index (χ4v) is 2.16. The Morgan fingerprint density at radius 1 is 1.48 bits per heavy atom. The molecule has 1 atom stereocenters. The van der Waals surface area contributed by atoms with Crippen LogP contribution in [0.3, 0.4) is 0 Å². The molecule has 2 aromatic rings. The third-order valence-corrected chi connectivity index (χ3v) is 3.23. The number of ether oxygens (including phenoxy) is 1. The highest BCUT2D eigenvalue weighted by Crippen LogP contribution is 2.27. The Hall–Kier alpha value is -2.58. The third kappa shape index (κ3) is 4.44. The first-order chi connectivity index (χ1) is 11.0. The summed E-state index contributed by atoms with van der Waals surface area (Å²) in [4.78, 5) is 22.1. The number of carbonyl (C=O) groups excluding carboxylic acids is 1. The number of methoxy groups -OCH3 is 1. The van der Waals surface area contributed by atoms with Crippen LogP contribution in [0.1, 0.15) is 11.8 Å². The predicted octanol–water partition coefficient (Wildman–Crippen LogP) is 3.35. The second kappa shape index (κ2) is 7.61. The number of furan rings is 1. The van der Waals surface area contributed by atoms with E-state index in [4.69, 9.17) is 20.8 Å². The maximum Gasteiger partial charge on any atom is 0.319 e. The van der Waals surface area contributed by atoms with E-state index in [0.717, 1.165) is 0 Å². The fourth-order valence-electron chi connectivity index (χ4n) is 1.91. The standard InChI is InChI=1S/C14H14ClN3O5/c1-22-8-11(13-3-2-6-23-13)17-14(19)16-9-4-5-12(18(20)21)10(15)7-9/h2-7,11H,8H2,1H3,(H2,16,17,19)/t11-/m1/s1. The maximum absolute atomic E-state index is 12.0. The zero-order chi connectivity index (χ0) is 16.8. The molecule has 0 saturated heterocycles. The number of benzene rings is 1. The van der Waals surface area contributed by atoms with Gasteiger partial charge in [0.05, 0.1) is 17.8 Å². The molecular formula is C14H14ClN3O5. The number of rotatable bonds is 6. The van der Waals surface area contributed by atoms with E-state index in [0.29, 0.717) is 11.4 Å². The van der Waals surface area contributed by atoms with Gasteiger partial charge in [0.15, 0.2) is 0 Å². The van der Waals surface area contributed by atoms with Crippen molar-refractivity contribution in [3.63, 3.8) is 0 Å². The highest BCUT2D eigenvalue weighted by molar-refractivity contribution is 6.33. The molecule has 0 saturated carbocycles. The summed E-state index contributed by atoms with van der Waals surface area (Å²) < 4.78 is 10.3. The lowest BCUT2D eigenvalue weighted by Gasteiger charge is -2.16. The number of nitrogens with zero attached hydrogens (tertiary/aromatic N) is 1. The van der Waals surface area contributed by atoms with Crippen molar-refractivity contribution in [2.45, 2.75) is 6.04 Å². The van der Waals surface area contributed by atoms with Crippen LogP contribution in [0, 0.1) is 10.1 Å². The average molecular weight is 340 g/mol. The number of carbonyl (C=O) groups is 1. The first-order valence-electron chi connectivity index (χ1n) is 6.55. The molecule has 0 spiro atoms. The Bertz CT molecular complexity index is 690. The fraction of sp³-hybridized carbons (Fsp3) is 0.214. The normalized spacial score (nSPS) is 11.7. The first kappa shape index (κ1) is 16.8. The molecule has 1 aromatic heterocycles. The Labute approximate surface area is 136 Å². The molecule has 0 aliphatic heterocycles. The van der Waals surface area contributed by atoms with Crippen LogP contribution in [0.15, 0.2) is 41.0 Å². The van der Waals surface area contributed by atoms with Crippen molar-refractivity contribution in [2.24, 2.45) is 0 Å². The summed E-state index contributed by atoms with van der Waals surface area (Å²) >= 11 is 5.80. The van der Waals surface area contributed by atoms with E-state index in [2.05, 4.69) is 10.6 Å². The van der Waals surface area contributed by atoms with Gasteiger partial charge in [-0.25, -0.2) is 4.79 Å². The minimum Gasteiger partial charge on any atom is -0.467 e. The van der Waals surface area contributed by atoms with E-state index in [1.807, 2.05) is 0 Å². The molecule has 9 heteroatoms. The summed E-state index contributed by atoms with van der Waals surface area (Å²) in [6.45, 7) is 0.224. The van der Waals surface area contributed by atoms with E-state index in [1.165, 1.54) is 31.6 Å². The van der Waals surface area contributed by atoms with Gasteiger partial charge >= 0.3 is 6.03 Å². The number of anilines is 1. The molecule has 23 heavy (non-hydrogen) atoms. The van der Waals surface area contributed by atoms with Crippen LogP contribution < -0.4 is 10.6 Å². The van der Waals surface area contributed by atoms with Crippen molar-refractivity contribution in [1.29, 1.82) is 0 Å². The monoisotopic (exact) mass is 339 g/mol. The van der Waals surface area contributed by atoms with Crippen molar-refractivity contribution in [3.8, 4) is 0 Å². The van der Waals surface area contributed by atoms with Crippen LogP contribution in [0.4, 0.5) is 16.2 Å². The molecule has 0 radical (unpaired) electrons. The highest BCUT2D eigenvalue weighted by atomic mass is 35.5. The van der Waals surface area contributed by atoms with Crippen LogP contribution in [0.25, 0.3) is 0 Å². The maximum atomic E-state index is 12.0. The van der Waals surface area contributed by atoms with E-state index >= 15 is 0 Å². The predicted molar refractivity (Wildman–Crippen MR) is 83.6 cm³/mol. The van der Waals surface area contributed by atoms with Gasteiger partial charge in [0.25, 0.3) is 5.69 Å². The quantitative estimate of drug-likeness (QED) is 0.620. The molecular weight excluding hydrogens is 326 g/mol. The number of halogens is 1. The summed E-state index contributed by atoms with van der Waals surface area (Å²) in [6.07, 6.45) is 1.49. The number of nitro benzene ring substituents is 1. The molecule has 0 aliphatic carbocycles. The number of amides is 2. The van der Waals surface area contributed by atoms with E-state index in [1.54, 1.807) is 12.1 Å². The molecule has 1 aromatic carbocycles. The molecule has 0 fully saturated rings. The van der Waals surface area contributed by atoms with Crippen LogP contribution in [-0.2, 0) is 4.74 Å². The van der Waals surface area contributed by atoms with Crippen LogP contribution in [0.2, 0.25) is 5.02 Å². The van der Waals surface area contributed by atoms with Gasteiger partial charge in [0.2, 0.25) is 0 Å². The van der Waals surface area contributed by atoms with E-state index in [-0.39, 0.29) is 17.3 Å². The summed E-state index contributed by atoms with van der Waals surface area (Å²) in [5.41, 5.74) is 0.0965. The van der Waals surface area contributed by atoms with Crippen LogP contribution >= 0.6 is 11.6 Å². The Morgan fingerprint density at radius 2 is 2.26 bits per heavy atom. The first-order valence-corrected chi connectivity index (χ1v) is 6.93. The van der Waals surface area contributed by atoms with Crippen LogP contribution in [0.5, 0.6) is 0 Å². The van der Waals surface area contributed by atoms with Crippen molar-refractivity contribution in [2.75, 3.05) is 19.0 Å². The van der Waals surface area contributed by atoms with Gasteiger partial charge in [0, 0.05) is 18.9 Å². The Morgan fingerprint density at radius 3 is 2.83 bits per heavy atom. The highest BCUT2D eigenvalue weighted by Gasteiger charge is 2.18. The molecule has 0 bridgehead atoms. The number of hydrogen-bond donors (Lipinski definition) is 2. The second-order valence-corrected chi connectivity index (χ2v) is 4.95. The summed E-state index contributed by atoms with van der Waals surface area (Å²) in [6, 6.07) is 6.34. The lowest BCUT2D eigenvalue weighted by atomic mass is 10.2. The summed E-state index contributed by atoms with van der Waals surface area (Å²) in [5, 5.41) is 15.9. The molecule has 1 heterocycles. The average Bonchev–Trinajstić information content (AvgIpc) is 3.00. The van der Waals surface area contributed by atoms with E-state index in [9.17, 15) is 14.9 Å². The summed E-state index contributed by atoms with van der Waals surface area (Å²) in [7, 11) is 1.51. The molecule has 122 valence electrons. The Balaban J connectivity index is 2.03. The molecule has 2 N–H and O–H groups in total. The van der Waals surface area contributed by atoms with E-state index < -0.39 is 17.0 Å².